The van der Waals surface area contributed by atoms with E-state index in [1.54, 1.807) is 37.3 Å². The molecule has 24 heavy (non-hydrogen) atoms. The Labute approximate surface area is 141 Å². The number of nitro groups is 1. The number of benzene rings is 1. The van der Waals surface area contributed by atoms with Gasteiger partial charge < -0.3 is 19.1 Å². The lowest BCUT2D eigenvalue weighted by Crippen LogP contribution is -2.36. The van der Waals surface area contributed by atoms with Crippen LogP contribution in [-0.4, -0.2) is 62.9 Å². The Balaban J connectivity index is 2.42. The first-order valence-electron chi connectivity index (χ1n) is 7.72. The third-order valence-electron chi connectivity index (χ3n) is 3.34. The summed E-state index contributed by atoms with van der Waals surface area (Å²) < 4.78 is 15.4. The van der Waals surface area contributed by atoms with Crippen LogP contribution in [0.4, 0.5) is 5.69 Å². The van der Waals surface area contributed by atoms with Crippen molar-refractivity contribution >= 4 is 11.6 Å². The average molecular weight is 340 g/mol. The van der Waals surface area contributed by atoms with Crippen molar-refractivity contribution in [1.29, 1.82) is 0 Å². The van der Waals surface area contributed by atoms with Crippen molar-refractivity contribution in [2.75, 3.05) is 47.1 Å². The molecular weight excluding hydrogens is 316 g/mol. The number of para-hydroxylation sites is 2. The smallest absolute Gasteiger partial charge is 0.310 e. The van der Waals surface area contributed by atoms with E-state index in [0.717, 1.165) is 0 Å². The zero-order chi connectivity index (χ0) is 17.8. The molecule has 0 spiro atoms. The Hall–Kier alpha value is -2.19. The summed E-state index contributed by atoms with van der Waals surface area (Å²) in [6, 6.07) is 6.18. The summed E-state index contributed by atoms with van der Waals surface area (Å²) in [7, 11) is 3.17. The topological polar surface area (TPSA) is 91.1 Å². The number of hydrogen-bond acceptors (Lipinski definition) is 6. The lowest BCUT2D eigenvalue weighted by atomic mass is 10.2. The predicted molar refractivity (Wildman–Crippen MR) is 88.2 cm³/mol. The minimum Gasteiger partial charge on any atom is -0.487 e. The summed E-state index contributed by atoms with van der Waals surface area (Å²) in [5, 5.41) is 10.9. The van der Waals surface area contributed by atoms with Crippen molar-refractivity contribution in [2.24, 2.45) is 0 Å². The van der Waals surface area contributed by atoms with Crippen LogP contribution in [0.2, 0.25) is 0 Å². The van der Waals surface area contributed by atoms with Gasteiger partial charge >= 0.3 is 5.69 Å². The van der Waals surface area contributed by atoms with Crippen LogP contribution in [0, 0.1) is 10.1 Å². The van der Waals surface area contributed by atoms with Gasteiger partial charge in [0.25, 0.3) is 0 Å². The molecule has 0 unspecified atom stereocenters. The number of hydrogen-bond donors (Lipinski definition) is 0. The lowest BCUT2D eigenvalue weighted by Gasteiger charge is -2.22. The largest absolute Gasteiger partial charge is 0.487 e. The van der Waals surface area contributed by atoms with E-state index in [1.807, 2.05) is 0 Å². The molecule has 0 saturated carbocycles. The van der Waals surface area contributed by atoms with Crippen LogP contribution < -0.4 is 4.74 Å². The normalized spacial score (nSPS) is 10.4. The van der Waals surface area contributed by atoms with Gasteiger partial charge in [-0.15, -0.1) is 0 Å². The van der Waals surface area contributed by atoms with E-state index in [-0.39, 0.29) is 24.0 Å². The molecule has 0 saturated heterocycles. The Bertz CT molecular complexity index is 515. The van der Waals surface area contributed by atoms with Crippen molar-refractivity contribution in [1.82, 2.24) is 4.90 Å². The van der Waals surface area contributed by atoms with Gasteiger partial charge in [-0.25, -0.2) is 0 Å². The Morgan fingerprint density at radius 2 is 1.75 bits per heavy atom. The fraction of sp³-hybridized carbons (Fsp3) is 0.562. The van der Waals surface area contributed by atoms with Crippen molar-refractivity contribution < 1.29 is 23.9 Å². The minimum absolute atomic E-state index is 0.0183. The standard InChI is InChI=1S/C16H24N2O6/c1-22-12-9-17(10-13-23-2)16(19)8-5-11-24-15-7-4-3-6-14(15)18(20)21/h3-4,6-7H,5,8-13H2,1-2H3. The maximum Gasteiger partial charge on any atom is 0.310 e. The number of ether oxygens (including phenoxy) is 3. The van der Waals surface area contributed by atoms with Crippen LogP contribution in [0.15, 0.2) is 24.3 Å². The van der Waals surface area contributed by atoms with Crippen LogP contribution in [0.3, 0.4) is 0 Å². The molecule has 1 amide bonds. The Kier molecular flexibility index (Phi) is 9.40. The fourth-order valence-electron chi connectivity index (χ4n) is 2.06. The molecule has 0 aliphatic heterocycles. The highest BCUT2D eigenvalue weighted by atomic mass is 16.6. The number of nitrogens with zero attached hydrogens (tertiary/aromatic N) is 2. The second-order valence-corrected chi connectivity index (χ2v) is 5.04. The third kappa shape index (κ3) is 6.93. The van der Waals surface area contributed by atoms with Crippen molar-refractivity contribution in [3.05, 3.63) is 34.4 Å². The van der Waals surface area contributed by atoms with Crippen molar-refractivity contribution in [3.8, 4) is 5.75 Å². The molecular formula is C16H24N2O6. The monoisotopic (exact) mass is 340 g/mol. The number of carbonyl (C=O) groups excluding carboxylic acids is 1. The van der Waals surface area contributed by atoms with Crippen LogP contribution in [0.25, 0.3) is 0 Å². The number of amides is 1. The minimum atomic E-state index is -0.488. The van der Waals surface area contributed by atoms with Crippen molar-refractivity contribution in [2.45, 2.75) is 12.8 Å². The van der Waals surface area contributed by atoms with Crippen LogP contribution in [0.1, 0.15) is 12.8 Å². The van der Waals surface area contributed by atoms with Gasteiger partial charge in [0.1, 0.15) is 0 Å². The number of rotatable bonds is 12. The Morgan fingerprint density at radius 3 is 2.33 bits per heavy atom. The second kappa shape index (κ2) is 11.4. The fourth-order valence-corrected chi connectivity index (χ4v) is 2.06. The maximum atomic E-state index is 12.2. The molecule has 0 aliphatic carbocycles. The second-order valence-electron chi connectivity index (χ2n) is 5.04. The SMILES string of the molecule is COCCN(CCOC)C(=O)CCCOc1ccccc1[N+](=O)[O-]. The molecule has 1 rings (SSSR count). The highest BCUT2D eigenvalue weighted by Gasteiger charge is 2.15. The van der Waals surface area contributed by atoms with Gasteiger partial charge in [0.2, 0.25) is 5.91 Å². The molecule has 0 atom stereocenters. The molecule has 134 valence electrons. The summed E-state index contributed by atoms with van der Waals surface area (Å²) in [5.74, 6) is 0.195. The molecule has 0 heterocycles. The first-order chi connectivity index (χ1) is 11.6. The molecule has 0 N–H and O–H groups in total. The zero-order valence-electron chi connectivity index (χ0n) is 14.1. The summed E-state index contributed by atoms with van der Waals surface area (Å²) in [6.07, 6.45) is 0.773. The maximum absolute atomic E-state index is 12.2. The van der Waals surface area contributed by atoms with Gasteiger partial charge in [-0.1, -0.05) is 12.1 Å². The van der Waals surface area contributed by atoms with Crippen LogP contribution in [0.5, 0.6) is 5.75 Å². The van der Waals surface area contributed by atoms with E-state index in [1.165, 1.54) is 6.07 Å². The first kappa shape index (κ1) is 19.9. The molecule has 0 radical (unpaired) electrons. The number of carbonyl (C=O) groups is 1. The molecule has 8 heteroatoms. The predicted octanol–water partition coefficient (Wildman–Crippen LogP) is 1.88. The molecule has 0 aliphatic rings. The van der Waals surface area contributed by atoms with E-state index in [2.05, 4.69) is 0 Å². The molecule has 0 bridgehead atoms. The van der Waals surface area contributed by atoms with E-state index in [9.17, 15) is 14.9 Å². The van der Waals surface area contributed by atoms with Crippen LogP contribution in [-0.2, 0) is 14.3 Å². The van der Waals surface area contributed by atoms with Gasteiger partial charge in [0.15, 0.2) is 5.75 Å². The highest BCUT2D eigenvalue weighted by Crippen LogP contribution is 2.25. The van der Waals surface area contributed by atoms with Crippen LogP contribution >= 0.6 is 0 Å². The molecule has 0 aromatic heterocycles. The van der Waals surface area contributed by atoms with Gasteiger partial charge in [0.05, 0.1) is 24.7 Å². The van der Waals surface area contributed by atoms with Gasteiger partial charge in [-0.05, 0) is 12.5 Å². The molecule has 1 aromatic rings. The molecule has 1 aromatic carbocycles. The van der Waals surface area contributed by atoms with E-state index < -0.39 is 4.92 Å². The summed E-state index contributed by atoms with van der Waals surface area (Å²) >= 11 is 0. The van der Waals surface area contributed by atoms with E-state index in [4.69, 9.17) is 14.2 Å². The zero-order valence-corrected chi connectivity index (χ0v) is 14.1. The van der Waals surface area contributed by atoms with Gasteiger partial charge in [-0.3, -0.25) is 14.9 Å². The Morgan fingerprint density at radius 1 is 1.12 bits per heavy atom. The molecule has 0 fully saturated rings. The third-order valence-corrected chi connectivity index (χ3v) is 3.34. The first-order valence-corrected chi connectivity index (χ1v) is 7.72. The number of methoxy groups -OCH3 is 2. The summed E-state index contributed by atoms with van der Waals surface area (Å²) in [6.45, 7) is 2.16. The average Bonchev–Trinajstić information content (AvgIpc) is 2.59. The van der Waals surface area contributed by atoms with E-state index in [0.29, 0.717) is 39.1 Å². The molecule has 8 nitrogen and oxygen atoms in total. The van der Waals surface area contributed by atoms with Gasteiger partial charge in [-0.2, -0.15) is 0 Å². The quantitative estimate of drug-likeness (QED) is 0.328. The summed E-state index contributed by atoms with van der Waals surface area (Å²) in [4.78, 5) is 24.3. The van der Waals surface area contributed by atoms with Crippen molar-refractivity contribution in [3.63, 3.8) is 0 Å². The highest BCUT2D eigenvalue weighted by molar-refractivity contribution is 5.76. The van der Waals surface area contributed by atoms with Gasteiger partial charge in [0, 0.05) is 39.8 Å². The lowest BCUT2D eigenvalue weighted by molar-refractivity contribution is -0.385. The summed E-state index contributed by atoms with van der Waals surface area (Å²) in [5.41, 5.74) is -0.0781. The van der Waals surface area contributed by atoms with E-state index >= 15 is 0 Å². The number of nitro benzene ring substituents is 1.